The van der Waals surface area contributed by atoms with Crippen LogP contribution in [-0.4, -0.2) is 48.3 Å². The molecule has 1 aliphatic rings. The van der Waals surface area contributed by atoms with E-state index < -0.39 is 22.0 Å². The van der Waals surface area contributed by atoms with Crippen molar-refractivity contribution >= 4 is 15.9 Å². The Labute approximate surface area is 198 Å². The van der Waals surface area contributed by atoms with E-state index in [9.17, 15) is 13.2 Å². The van der Waals surface area contributed by atoms with Gasteiger partial charge in [-0.25, -0.2) is 18.1 Å². The van der Waals surface area contributed by atoms with Crippen LogP contribution < -0.4 is 19.5 Å². The van der Waals surface area contributed by atoms with Gasteiger partial charge in [0.2, 0.25) is 15.9 Å². The average Bonchev–Trinajstić information content (AvgIpc) is 3.37. The van der Waals surface area contributed by atoms with Crippen LogP contribution in [0.1, 0.15) is 32.4 Å². The lowest BCUT2D eigenvalue weighted by molar-refractivity contribution is -0.124. The zero-order chi connectivity index (χ0) is 24.3. The number of rotatable bonds is 8. The molecule has 11 heteroatoms. The van der Waals surface area contributed by atoms with E-state index in [0.29, 0.717) is 24.7 Å². The number of sulfonamides is 1. The summed E-state index contributed by atoms with van der Waals surface area (Å²) in [6, 6.07) is 10.6. The molecule has 34 heavy (non-hydrogen) atoms. The predicted molar refractivity (Wildman–Crippen MR) is 124 cm³/mol. The highest BCUT2D eigenvalue weighted by atomic mass is 32.2. The van der Waals surface area contributed by atoms with Gasteiger partial charge in [-0.3, -0.25) is 4.79 Å². The Kier molecular flexibility index (Phi) is 6.85. The fourth-order valence-corrected chi connectivity index (χ4v) is 4.92. The molecule has 0 saturated heterocycles. The first kappa shape index (κ1) is 23.7. The third-order valence-electron chi connectivity index (χ3n) is 5.49. The second kappa shape index (κ2) is 9.82. The van der Waals surface area contributed by atoms with Gasteiger partial charge in [0.15, 0.2) is 11.5 Å². The minimum Gasteiger partial charge on any atom is -0.486 e. The van der Waals surface area contributed by atoms with E-state index in [0.717, 1.165) is 11.3 Å². The Bertz CT molecular complexity index is 1240. The zero-order valence-corrected chi connectivity index (χ0v) is 20.0. The van der Waals surface area contributed by atoms with Gasteiger partial charge in [-0.05, 0) is 42.7 Å². The average molecular weight is 486 g/mol. The van der Waals surface area contributed by atoms with Gasteiger partial charge in [0.25, 0.3) is 0 Å². The first-order valence-corrected chi connectivity index (χ1v) is 12.4. The molecule has 0 aliphatic carbocycles. The number of ether oxygens (including phenoxy) is 2. The van der Waals surface area contributed by atoms with Gasteiger partial charge in [0.1, 0.15) is 31.9 Å². The van der Waals surface area contributed by atoms with E-state index >= 15 is 0 Å². The van der Waals surface area contributed by atoms with Gasteiger partial charge in [-0.2, -0.15) is 9.82 Å². The van der Waals surface area contributed by atoms with Crippen LogP contribution in [0.5, 0.6) is 11.5 Å². The van der Waals surface area contributed by atoms with E-state index in [1.807, 2.05) is 31.2 Å². The molecule has 4 rings (SSSR count). The normalized spacial score (nSPS) is 15.1. The summed E-state index contributed by atoms with van der Waals surface area (Å²) < 4.78 is 41.2. The van der Waals surface area contributed by atoms with Gasteiger partial charge < -0.3 is 14.8 Å². The molecule has 0 fully saturated rings. The SMILES string of the molecule is CC(C)[C@H](NS(=O)(=O)c1ccc2c(c1)OCCO2)C(=O)N[C@@H](C)c1ccc(-n2cncn2)cc1. The van der Waals surface area contributed by atoms with Crippen molar-refractivity contribution in [3.05, 3.63) is 60.7 Å². The lowest BCUT2D eigenvalue weighted by atomic mass is 10.0. The Morgan fingerprint density at radius 3 is 2.38 bits per heavy atom. The largest absolute Gasteiger partial charge is 0.486 e. The summed E-state index contributed by atoms with van der Waals surface area (Å²) in [4.78, 5) is 17.0. The second-order valence-corrected chi connectivity index (χ2v) is 10.0. The predicted octanol–water partition coefficient (Wildman–Crippen LogP) is 2.22. The molecule has 3 aromatic rings. The lowest BCUT2D eigenvalue weighted by Gasteiger charge is -2.25. The highest BCUT2D eigenvalue weighted by molar-refractivity contribution is 7.89. The number of amides is 1. The molecular formula is C23H27N5O5S. The van der Waals surface area contributed by atoms with Gasteiger partial charge in [-0.1, -0.05) is 26.0 Å². The van der Waals surface area contributed by atoms with Crippen molar-refractivity contribution in [3.63, 3.8) is 0 Å². The summed E-state index contributed by atoms with van der Waals surface area (Å²) in [5.41, 5.74) is 1.71. The minimum absolute atomic E-state index is 0.00643. The number of nitrogens with zero attached hydrogens (tertiary/aromatic N) is 3. The molecule has 0 unspecified atom stereocenters. The van der Waals surface area contributed by atoms with E-state index in [1.54, 1.807) is 30.9 Å². The zero-order valence-electron chi connectivity index (χ0n) is 19.1. The molecule has 2 atom stereocenters. The van der Waals surface area contributed by atoms with Crippen LogP contribution in [-0.2, 0) is 14.8 Å². The van der Waals surface area contributed by atoms with E-state index in [4.69, 9.17) is 9.47 Å². The molecule has 1 amide bonds. The van der Waals surface area contributed by atoms with Gasteiger partial charge >= 0.3 is 0 Å². The molecule has 10 nitrogen and oxygen atoms in total. The van der Waals surface area contributed by atoms with Crippen molar-refractivity contribution in [2.24, 2.45) is 5.92 Å². The number of aromatic nitrogens is 3. The summed E-state index contributed by atoms with van der Waals surface area (Å²) in [7, 11) is -3.98. The summed E-state index contributed by atoms with van der Waals surface area (Å²) in [5.74, 6) is 0.160. The van der Waals surface area contributed by atoms with Crippen molar-refractivity contribution < 1.29 is 22.7 Å². The second-order valence-electron chi connectivity index (χ2n) is 8.31. The molecule has 0 radical (unpaired) electrons. The monoisotopic (exact) mass is 485 g/mol. The number of hydrogen-bond donors (Lipinski definition) is 2. The van der Waals surface area contributed by atoms with E-state index in [2.05, 4.69) is 20.1 Å². The molecule has 2 N–H and O–H groups in total. The molecule has 0 saturated carbocycles. The Hall–Kier alpha value is -3.44. The van der Waals surface area contributed by atoms with Crippen LogP contribution in [0, 0.1) is 5.92 Å². The van der Waals surface area contributed by atoms with Crippen molar-refractivity contribution in [1.29, 1.82) is 0 Å². The van der Waals surface area contributed by atoms with E-state index in [-0.39, 0.29) is 16.9 Å². The van der Waals surface area contributed by atoms with Crippen molar-refractivity contribution in [3.8, 4) is 17.2 Å². The maximum atomic E-state index is 13.1. The Balaban J connectivity index is 1.46. The number of hydrogen-bond acceptors (Lipinski definition) is 7. The molecule has 1 aromatic heterocycles. The Morgan fingerprint density at radius 1 is 1.03 bits per heavy atom. The number of nitrogens with one attached hydrogen (secondary N) is 2. The van der Waals surface area contributed by atoms with Gasteiger partial charge in [0, 0.05) is 6.07 Å². The summed E-state index contributed by atoms with van der Waals surface area (Å²) in [5, 5.41) is 7.00. The van der Waals surface area contributed by atoms with Crippen LogP contribution in [0.3, 0.4) is 0 Å². The third kappa shape index (κ3) is 5.20. The molecule has 180 valence electrons. The number of benzene rings is 2. The quantitative estimate of drug-likeness (QED) is 0.501. The van der Waals surface area contributed by atoms with Crippen LogP contribution in [0.4, 0.5) is 0 Å². The summed E-state index contributed by atoms with van der Waals surface area (Å²) >= 11 is 0. The van der Waals surface area contributed by atoms with Crippen molar-refractivity contribution in [2.45, 2.75) is 37.8 Å². The lowest BCUT2D eigenvalue weighted by Crippen LogP contribution is -2.50. The molecule has 1 aliphatic heterocycles. The highest BCUT2D eigenvalue weighted by Gasteiger charge is 2.30. The summed E-state index contributed by atoms with van der Waals surface area (Å²) in [6.07, 6.45) is 3.05. The fourth-order valence-electron chi connectivity index (χ4n) is 3.56. The van der Waals surface area contributed by atoms with Crippen LogP contribution in [0.15, 0.2) is 60.0 Å². The van der Waals surface area contributed by atoms with Crippen molar-refractivity contribution in [1.82, 2.24) is 24.8 Å². The van der Waals surface area contributed by atoms with Gasteiger partial charge in [-0.15, -0.1) is 0 Å². The number of carbonyl (C=O) groups is 1. The third-order valence-corrected chi connectivity index (χ3v) is 6.93. The standard InChI is InChI=1S/C23H27N5O5S/c1-15(2)22(27-34(30,31)19-8-9-20-21(12-19)33-11-10-32-20)23(29)26-16(3)17-4-6-18(7-5-17)28-14-24-13-25-28/h4-9,12-16,22,27H,10-11H2,1-3H3,(H,26,29)/t16-,22-/m0/s1. The molecule has 0 spiro atoms. The first-order chi connectivity index (χ1) is 16.2. The minimum atomic E-state index is -3.98. The van der Waals surface area contributed by atoms with Crippen molar-refractivity contribution in [2.75, 3.05) is 13.2 Å². The number of fused-ring (bicyclic) bond motifs is 1. The molecule has 2 aromatic carbocycles. The molecule has 0 bridgehead atoms. The molecular weight excluding hydrogens is 458 g/mol. The number of carbonyl (C=O) groups excluding carboxylic acids is 1. The van der Waals surface area contributed by atoms with Gasteiger partial charge in [0.05, 0.1) is 16.6 Å². The topological polar surface area (TPSA) is 124 Å². The van der Waals surface area contributed by atoms with E-state index in [1.165, 1.54) is 18.5 Å². The smallest absolute Gasteiger partial charge is 0.241 e. The first-order valence-electron chi connectivity index (χ1n) is 10.9. The van der Waals surface area contributed by atoms with Crippen LogP contribution in [0.2, 0.25) is 0 Å². The fraction of sp³-hybridized carbons (Fsp3) is 0.348. The maximum absolute atomic E-state index is 13.1. The Morgan fingerprint density at radius 2 is 1.74 bits per heavy atom. The summed E-state index contributed by atoms with van der Waals surface area (Å²) in [6.45, 7) is 6.17. The van der Waals surface area contributed by atoms with Crippen LogP contribution in [0.25, 0.3) is 5.69 Å². The highest BCUT2D eigenvalue weighted by Crippen LogP contribution is 2.32. The van der Waals surface area contributed by atoms with Crippen LogP contribution >= 0.6 is 0 Å². The maximum Gasteiger partial charge on any atom is 0.241 e. The molecule has 2 heterocycles.